The molecule has 2 aromatic rings. The van der Waals surface area contributed by atoms with Crippen LogP contribution in [0.2, 0.25) is 0 Å². The summed E-state index contributed by atoms with van der Waals surface area (Å²) in [6.07, 6.45) is 10.6. The van der Waals surface area contributed by atoms with Crippen molar-refractivity contribution in [2.45, 2.75) is 37.8 Å². The number of aryl methyl sites for hydroxylation is 2. The second-order valence-electron chi connectivity index (χ2n) is 6.14. The molecule has 1 aliphatic carbocycles. The normalized spacial score (nSPS) is 27.2. The summed E-state index contributed by atoms with van der Waals surface area (Å²) in [5.41, 5.74) is 1.18. The fourth-order valence-electron chi connectivity index (χ4n) is 3.28. The predicted molar refractivity (Wildman–Crippen MR) is 76.5 cm³/mol. The van der Waals surface area contributed by atoms with Crippen molar-refractivity contribution in [1.29, 1.82) is 0 Å². The lowest BCUT2D eigenvalue weighted by Gasteiger charge is -2.24. The molecule has 1 amide bonds. The molecule has 2 aliphatic rings. The summed E-state index contributed by atoms with van der Waals surface area (Å²) in [5.74, 6) is 1.79. The molecule has 1 aliphatic heterocycles. The molecule has 3 unspecified atom stereocenters. The van der Waals surface area contributed by atoms with Crippen LogP contribution in [0.1, 0.15) is 30.1 Å². The lowest BCUT2D eigenvalue weighted by atomic mass is 10.1. The van der Waals surface area contributed by atoms with Crippen LogP contribution < -0.4 is 5.32 Å². The number of imidazole rings is 1. The molecule has 21 heavy (non-hydrogen) atoms. The number of rotatable bonds is 3. The Morgan fingerprint density at radius 2 is 2.38 bits per heavy atom. The quantitative estimate of drug-likeness (QED) is 0.909. The minimum Gasteiger partial charge on any atom is -0.351 e. The van der Waals surface area contributed by atoms with E-state index >= 15 is 0 Å². The molecule has 6 heteroatoms. The topological polar surface area (TPSA) is 64.7 Å². The molecular formula is C15H19N5O. The number of amides is 1. The maximum Gasteiger partial charge on any atom is 0.224 e. The van der Waals surface area contributed by atoms with Crippen LogP contribution in [0.5, 0.6) is 0 Å². The molecule has 0 radical (unpaired) electrons. The van der Waals surface area contributed by atoms with Crippen LogP contribution in [-0.4, -0.2) is 31.3 Å². The van der Waals surface area contributed by atoms with Gasteiger partial charge in [-0.1, -0.05) is 0 Å². The fourth-order valence-corrected chi connectivity index (χ4v) is 3.28. The first-order chi connectivity index (χ1) is 10.2. The Kier molecular flexibility index (Phi) is 2.83. The Morgan fingerprint density at radius 3 is 3.19 bits per heavy atom. The summed E-state index contributed by atoms with van der Waals surface area (Å²) < 4.78 is 3.93. The molecule has 6 nitrogen and oxygen atoms in total. The summed E-state index contributed by atoms with van der Waals surface area (Å²) in [7, 11) is 1.91. The van der Waals surface area contributed by atoms with Gasteiger partial charge in [-0.05, 0) is 24.3 Å². The highest BCUT2D eigenvalue weighted by Crippen LogP contribution is 2.47. The molecular weight excluding hydrogens is 266 g/mol. The van der Waals surface area contributed by atoms with E-state index in [1.165, 1.54) is 5.56 Å². The molecule has 1 fully saturated rings. The van der Waals surface area contributed by atoms with E-state index in [1.54, 1.807) is 4.68 Å². The van der Waals surface area contributed by atoms with Gasteiger partial charge in [-0.15, -0.1) is 0 Å². The molecule has 0 aromatic carbocycles. The van der Waals surface area contributed by atoms with Crippen molar-refractivity contribution >= 4 is 5.91 Å². The summed E-state index contributed by atoms with van der Waals surface area (Å²) in [5, 5.41) is 7.38. The van der Waals surface area contributed by atoms with Gasteiger partial charge >= 0.3 is 0 Å². The van der Waals surface area contributed by atoms with Crippen LogP contribution in [0.25, 0.3) is 0 Å². The van der Waals surface area contributed by atoms with Crippen LogP contribution in [-0.2, 0) is 24.8 Å². The summed E-state index contributed by atoms with van der Waals surface area (Å²) >= 11 is 0. The second kappa shape index (κ2) is 4.72. The number of fused-ring (bicyclic) bond motifs is 1. The monoisotopic (exact) mass is 285 g/mol. The zero-order valence-corrected chi connectivity index (χ0v) is 12.1. The average molecular weight is 285 g/mol. The van der Waals surface area contributed by atoms with Crippen molar-refractivity contribution in [3.05, 3.63) is 36.2 Å². The highest BCUT2D eigenvalue weighted by molar-refractivity contribution is 5.83. The van der Waals surface area contributed by atoms with Gasteiger partial charge in [-0.25, -0.2) is 4.98 Å². The minimum atomic E-state index is 0.124. The Balaban J connectivity index is 1.35. The first-order valence-electron chi connectivity index (χ1n) is 7.49. The third-order valence-electron chi connectivity index (χ3n) is 4.56. The van der Waals surface area contributed by atoms with Crippen molar-refractivity contribution in [2.24, 2.45) is 13.0 Å². The highest BCUT2D eigenvalue weighted by Gasteiger charge is 2.45. The van der Waals surface area contributed by atoms with Crippen LogP contribution in [0, 0.1) is 5.92 Å². The van der Waals surface area contributed by atoms with E-state index in [1.807, 2.05) is 31.8 Å². The van der Waals surface area contributed by atoms with E-state index in [2.05, 4.69) is 20.0 Å². The Labute approximate surface area is 123 Å². The molecule has 2 aromatic heterocycles. The van der Waals surface area contributed by atoms with Gasteiger partial charge in [0.05, 0.1) is 6.20 Å². The van der Waals surface area contributed by atoms with E-state index in [-0.39, 0.29) is 17.9 Å². The van der Waals surface area contributed by atoms with Crippen molar-refractivity contribution in [2.75, 3.05) is 0 Å². The van der Waals surface area contributed by atoms with Crippen molar-refractivity contribution in [3.8, 4) is 0 Å². The maximum absolute atomic E-state index is 12.4. The van der Waals surface area contributed by atoms with Crippen LogP contribution in [0.3, 0.4) is 0 Å². The van der Waals surface area contributed by atoms with E-state index in [4.69, 9.17) is 0 Å². The van der Waals surface area contributed by atoms with Gasteiger partial charge in [0.15, 0.2) is 0 Å². The fraction of sp³-hybridized carbons (Fsp3) is 0.533. The molecule has 110 valence electrons. The van der Waals surface area contributed by atoms with Crippen molar-refractivity contribution in [3.63, 3.8) is 0 Å². The van der Waals surface area contributed by atoms with Crippen molar-refractivity contribution in [1.82, 2.24) is 24.6 Å². The van der Waals surface area contributed by atoms with Crippen LogP contribution in [0.4, 0.5) is 0 Å². The average Bonchev–Trinajstić information content (AvgIpc) is 2.93. The zero-order chi connectivity index (χ0) is 14.4. The molecule has 3 atom stereocenters. The molecule has 0 bridgehead atoms. The van der Waals surface area contributed by atoms with Gasteiger partial charge in [-0.3, -0.25) is 9.48 Å². The van der Waals surface area contributed by atoms with E-state index in [9.17, 15) is 4.79 Å². The first-order valence-corrected chi connectivity index (χ1v) is 7.49. The molecule has 0 saturated heterocycles. The lowest BCUT2D eigenvalue weighted by Crippen LogP contribution is -2.41. The largest absolute Gasteiger partial charge is 0.351 e. The first kappa shape index (κ1) is 12.6. The highest BCUT2D eigenvalue weighted by atomic mass is 16.2. The minimum absolute atomic E-state index is 0.124. The van der Waals surface area contributed by atoms with E-state index < -0.39 is 0 Å². The van der Waals surface area contributed by atoms with Gasteiger partial charge in [0.2, 0.25) is 5.91 Å². The summed E-state index contributed by atoms with van der Waals surface area (Å²) in [6, 6.07) is 0.231. The summed E-state index contributed by atoms with van der Waals surface area (Å²) in [4.78, 5) is 16.7. The number of aromatic nitrogens is 4. The molecule has 1 saturated carbocycles. The number of hydrogen-bond acceptors (Lipinski definition) is 3. The SMILES string of the molecule is Cn1cc(C2CC2C(=O)NC2CCc3nccn3C2)cn1. The number of nitrogens with zero attached hydrogens (tertiary/aromatic N) is 4. The standard InChI is InChI=1S/C15H19N5O/c1-19-8-10(7-17-19)12-6-13(12)15(21)18-11-2-3-14-16-4-5-20(14)9-11/h4-5,7-8,11-13H,2-3,6,9H2,1H3,(H,18,21). The molecule has 0 spiro atoms. The number of carbonyl (C=O) groups excluding carboxylic acids is 1. The second-order valence-corrected chi connectivity index (χ2v) is 6.14. The zero-order valence-electron chi connectivity index (χ0n) is 12.1. The summed E-state index contributed by atoms with van der Waals surface area (Å²) in [6.45, 7) is 0.839. The van der Waals surface area contributed by atoms with Gasteiger partial charge in [0.1, 0.15) is 5.82 Å². The number of carbonyl (C=O) groups is 1. The Bertz CT molecular complexity index is 673. The Hall–Kier alpha value is -2.11. The van der Waals surface area contributed by atoms with Crippen LogP contribution in [0.15, 0.2) is 24.8 Å². The number of nitrogens with one attached hydrogen (secondary N) is 1. The third kappa shape index (κ3) is 2.34. The molecule has 1 N–H and O–H groups in total. The number of hydrogen-bond donors (Lipinski definition) is 1. The van der Waals surface area contributed by atoms with Gasteiger partial charge < -0.3 is 9.88 Å². The molecule has 3 heterocycles. The smallest absolute Gasteiger partial charge is 0.224 e. The van der Waals surface area contributed by atoms with Crippen LogP contribution >= 0.6 is 0 Å². The van der Waals surface area contributed by atoms with Gasteiger partial charge in [-0.2, -0.15) is 5.10 Å². The van der Waals surface area contributed by atoms with E-state index in [0.29, 0.717) is 5.92 Å². The van der Waals surface area contributed by atoms with Gasteiger partial charge in [0.25, 0.3) is 0 Å². The predicted octanol–water partition coefficient (Wildman–Crippen LogP) is 0.851. The maximum atomic E-state index is 12.4. The third-order valence-corrected chi connectivity index (χ3v) is 4.56. The molecule has 4 rings (SSSR count). The Morgan fingerprint density at radius 1 is 1.48 bits per heavy atom. The van der Waals surface area contributed by atoms with Crippen molar-refractivity contribution < 1.29 is 4.79 Å². The van der Waals surface area contributed by atoms with E-state index in [0.717, 1.165) is 31.6 Å². The van der Waals surface area contributed by atoms with Gasteiger partial charge in [0, 0.05) is 50.6 Å². The lowest BCUT2D eigenvalue weighted by molar-refractivity contribution is -0.123.